The number of esters is 3. The average Bonchev–Trinajstić information content (AvgIpc) is 3.40. The van der Waals surface area contributed by atoms with Gasteiger partial charge in [-0.2, -0.15) is 0 Å². The van der Waals surface area contributed by atoms with E-state index >= 15 is 0 Å². The number of hydrogen-bond acceptors (Lipinski definition) is 6. The fraction of sp³-hybridized carbons (Fsp3) is 0.926. The van der Waals surface area contributed by atoms with Crippen LogP contribution in [0.25, 0.3) is 0 Å². The molecule has 0 bridgehead atoms. The molecule has 0 aromatic rings. The highest BCUT2D eigenvalue weighted by Crippen LogP contribution is 2.19. The topological polar surface area (TPSA) is 78.9 Å². The Morgan fingerprint density at radius 3 is 0.716 bits per heavy atom. The van der Waals surface area contributed by atoms with Crippen molar-refractivity contribution >= 4 is 17.9 Å². The van der Waals surface area contributed by atoms with Crippen LogP contribution in [0.1, 0.15) is 387 Å². The zero-order valence-electron chi connectivity index (χ0n) is 50.4. The standard InChI is InChI=1S/C68H130O6/c1-4-7-10-13-16-19-22-24-26-27-28-29-30-31-32-33-34-35-36-37-38-39-40-42-43-46-49-52-55-58-61-67(70)73-64-65(63-72-66(69)60-57-54-51-48-45-21-18-15-12-9-6-3)74-68(71)62-59-56-53-50-47-44-41-25-23-20-17-14-11-8-5-2/h15,18,65H,4-14,16-17,19-64H2,1-3H3/b18-15-. The zero-order valence-corrected chi connectivity index (χ0v) is 50.4. The first-order valence-electron chi connectivity index (χ1n) is 33.7. The van der Waals surface area contributed by atoms with E-state index in [2.05, 4.69) is 32.9 Å². The first-order valence-corrected chi connectivity index (χ1v) is 33.7. The molecule has 0 saturated carbocycles. The number of carbonyl (C=O) groups excluding carboxylic acids is 3. The molecular formula is C68H130O6. The minimum atomic E-state index is -0.768. The van der Waals surface area contributed by atoms with E-state index in [0.29, 0.717) is 19.3 Å². The van der Waals surface area contributed by atoms with E-state index in [1.54, 1.807) is 0 Å². The Balaban J connectivity index is 4.06. The Hall–Kier alpha value is -1.85. The summed E-state index contributed by atoms with van der Waals surface area (Å²) in [5, 5.41) is 0. The molecule has 6 heteroatoms. The Labute approximate surface area is 462 Å². The van der Waals surface area contributed by atoms with E-state index in [0.717, 1.165) is 64.2 Å². The summed E-state index contributed by atoms with van der Waals surface area (Å²) in [5.74, 6) is -0.848. The average molecular weight is 1040 g/mol. The maximum atomic E-state index is 12.9. The molecule has 0 amide bonds. The summed E-state index contributed by atoms with van der Waals surface area (Å²) in [6.07, 6.45) is 75.4. The highest BCUT2D eigenvalue weighted by Gasteiger charge is 2.19. The Morgan fingerprint density at radius 1 is 0.257 bits per heavy atom. The molecule has 0 aromatic heterocycles. The molecule has 0 radical (unpaired) electrons. The van der Waals surface area contributed by atoms with Gasteiger partial charge in [-0.25, -0.2) is 0 Å². The largest absolute Gasteiger partial charge is 0.462 e. The Morgan fingerprint density at radius 2 is 0.459 bits per heavy atom. The molecule has 0 heterocycles. The summed E-state index contributed by atoms with van der Waals surface area (Å²) in [5.41, 5.74) is 0. The van der Waals surface area contributed by atoms with Gasteiger partial charge in [0.2, 0.25) is 0 Å². The lowest BCUT2D eigenvalue weighted by molar-refractivity contribution is -0.167. The molecule has 1 atom stereocenters. The Kier molecular flexibility index (Phi) is 62.1. The normalized spacial score (nSPS) is 12.0. The van der Waals surface area contributed by atoms with E-state index in [4.69, 9.17) is 14.2 Å². The van der Waals surface area contributed by atoms with Gasteiger partial charge < -0.3 is 14.2 Å². The third kappa shape index (κ3) is 61.0. The summed E-state index contributed by atoms with van der Waals surface area (Å²) < 4.78 is 16.9. The van der Waals surface area contributed by atoms with Crippen molar-refractivity contribution in [1.82, 2.24) is 0 Å². The van der Waals surface area contributed by atoms with E-state index in [9.17, 15) is 14.4 Å². The number of unbranched alkanes of at least 4 members (excludes halogenated alkanes) is 50. The monoisotopic (exact) mass is 1040 g/mol. The molecule has 0 saturated heterocycles. The van der Waals surface area contributed by atoms with Crippen molar-refractivity contribution in [3.8, 4) is 0 Å². The van der Waals surface area contributed by atoms with Gasteiger partial charge in [0.15, 0.2) is 6.10 Å². The smallest absolute Gasteiger partial charge is 0.306 e. The van der Waals surface area contributed by atoms with Crippen molar-refractivity contribution in [3.05, 3.63) is 12.2 Å². The molecule has 0 N–H and O–H groups in total. The molecule has 6 nitrogen and oxygen atoms in total. The van der Waals surface area contributed by atoms with Crippen LogP contribution < -0.4 is 0 Å². The second kappa shape index (κ2) is 63.7. The van der Waals surface area contributed by atoms with Crippen molar-refractivity contribution in [2.24, 2.45) is 0 Å². The van der Waals surface area contributed by atoms with Crippen LogP contribution in [0.2, 0.25) is 0 Å². The van der Waals surface area contributed by atoms with Crippen LogP contribution in [-0.2, 0) is 28.6 Å². The maximum absolute atomic E-state index is 12.9. The highest BCUT2D eigenvalue weighted by molar-refractivity contribution is 5.71. The van der Waals surface area contributed by atoms with Crippen molar-refractivity contribution < 1.29 is 28.6 Å². The van der Waals surface area contributed by atoms with Crippen molar-refractivity contribution in [2.75, 3.05) is 13.2 Å². The lowest BCUT2D eigenvalue weighted by Gasteiger charge is -2.18. The van der Waals surface area contributed by atoms with E-state index in [1.807, 2.05) is 0 Å². The van der Waals surface area contributed by atoms with Crippen molar-refractivity contribution in [3.63, 3.8) is 0 Å². The van der Waals surface area contributed by atoms with Gasteiger partial charge in [0.1, 0.15) is 13.2 Å². The summed E-state index contributed by atoms with van der Waals surface area (Å²) in [4.78, 5) is 38.2. The molecule has 74 heavy (non-hydrogen) atoms. The van der Waals surface area contributed by atoms with E-state index in [-0.39, 0.29) is 31.1 Å². The van der Waals surface area contributed by atoms with Crippen LogP contribution in [0.15, 0.2) is 12.2 Å². The molecule has 0 aliphatic rings. The van der Waals surface area contributed by atoms with Crippen LogP contribution in [0, 0.1) is 0 Å². The zero-order chi connectivity index (χ0) is 53.6. The summed E-state index contributed by atoms with van der Waals surface area (Å²) >= 11 is 0. The van der Waals surface area contributed by atoms with E-state index < -0.39 is 6.10 Å². The van der Waals surface area contributed by atoms with Crippen molar-refractivity contribution in [1.29, 1.82) is 0 Å². The fourth-order valence-corrected chi connectivity index (χ4v) is 10.4. The van der Waals surface area contributed by atoms with Gasteiger partial charge in [-0.3, -0.25) is 14.4 Å². The van der Waals surface area contributed by atoms with Gasteiger partial charge in [-0.1, -0.05) is 341 Å². The molecular weight excluding hydrogens is 913 g/mol. The molecule has 0 spiro atoms. The second-order valence-electron chi connectivity index (χ2n) is 23.1. The SMILES string of the molecule is CCCC/C=C\CCCCCCCC(=O)OCC(COC(=O)CCCCCCCCCCCCCCCCCCCCCCCCCCCCCCCC)OC(=O)CCCCCCCCCCCCCCCCC. The summed E-state index contributed by atoms with van der Waals surface area (Å²) in [7, 11) is 0. The summed E-state index contributed by atoms with van der Waals surface area (Å²) in [6, 6.07) is 0. The first kappa shape index (κ1) is 72.2. The van der Waals surface area contributed by atoms with E-state index in [1.165, 1.54) is 283 Å². The molecule has 1 unspecified atom stereocenters. The third-order valence-electron chi connectivity index (χ3n) is 15.5. The van der Waals surface area contributed by atoms with Crippen LogP contribution in [0.3, 0.4) is 0 Å². The molecule has 438 valence electrons. The lowest BCUT2D eigenvalue weighted by Crippen LogP contribution is -2.30. The first-order chi connectivity index (χ1) is 36.5. The van der Waals surface area contributed by atoms with Crippen LogP contribution in [0.5, 0.6) is 0 Å². The number of carbonyl (C=O) groups is 3. The molecule has 0 aromatic carbocycles. The van der Waals surface area contributed by atoms with Gasteiger partial charge in [-0.05, 0) is 38.5 Å². The van der Waals surface area contributed by atoms with Gasteiger partial charge >= 0.3 is 17.9 Å². The third-order valence-corrected chi connectivity index (χ3v) is 15.5. The van der Waals surface area contributed by atoms with Crippen LogP contribution >= 0.6 is 0 Å². The predicted molar refractivity (Wildman–Crippen MR) is 321 cm³/mol. The number of hydrogen-bond donors (Lipinski definition) is 0. The molecule has 0 rings (SSSR count). The van der Waals surface area contributed by atoms with Gasteiger partial charge in [0.05, 0.1) is 0 Å². The number of ether oxygens (including phenoxy) is 3. The highest BCUT2D eigenvalue weighted by atomic mass is 16.6. The predicted octanol–water partition coefficient (Wildman–Crippen LogP) is 22.8. The molecule has 0 fully saturated rings. The van der Waals surface area contributed by atoms with Crippen molar-refractivity contribution in [2.45, 2.75) is 393 Å². The van der Waals surface area contributed by atoms with Crippen LogP contribution in [0.4, 0.5) is 0 Å². The van der Waals surface area contributed by atoms with Gasteiger partial charge in [-0.15, -0.1) is 0 Å². The number of rotatable bonds is 63. The number of allylic oxidation sites excluding steroid dienone is 2. The lowest BCUT2D eigenvalue weighted by atomic mass is 10.0. The minimum Gasteiger partial charge on any atom is -0.462 e. The van der Waals surface area contributed by atoms with Gasteiger partial charge in [0.25, 0.3) is 0 Å². The molecule has 0 aliphatic carbocycles. The van der Waals surface area contributed by atoms with Crippen LogP contribution in [-0.4, -0.2) is 37.2 Å². The Bertz CT molecular complexity index is 1150. The second-order valence-corrected chi connectivity index (χ2v) is 23.1. The quantitative estimate of drug-likeness (QED) is 0.0261. The summed E-state index contributed by atoms with van der Waals surface area (Å²) in [6.45, 7) is 6.67. The minimum absolute atomic E-state index is 0.0663. The molecule has 0 aliphatic heterocycles. The maximum Gasteiger partial charge on any atom is 0.306 e. The fourth-order valence-electron chi connectivity index (χ4n) is 10.4. The van der Waals surface area contributed by atoms with Gasteiger partial charge in [0, 0.05) is 19.3 Å².